The number of aryl methyl sites for hydroxylation is 1. The van der Waals surface area contributed by atoms with Crippen molar-refractivity contribution in [3.05, 3.63) is 41.6 Å². The summed E-state index contributed by atoms with van der Waals surface area (Å²) in [4.78, 5) is 11.7. The summed E-state index contributed by atoms with van der Waals surface area (Å²) in [5.41, 5.74) is 1.36. The van der Waals surface area contributed by atoms with Gasteiger partial charge in [-0.2, -0.15) is 5.10 Å². The van der Waals surface area contributed by atoms with E-state index in [1.807, 2.05) is 19.1 Å². The molecular formula is C11H13N3O2. The van der Waals surface area contributed by atoms with Crippen LogP contribution in [0.2, 0.25) is 0 Å². The summed E-state index contributed by atoms with van der Waals surface area (Å²) in [7, 11) is 0. The Hall–Kier alpha value is -2.04. The number of H-pyrrole nitrogens is 1. The molecule has 2 rings (SSSR count). The molecule has 1 amide bonds. The van der Waals surface area contributed by atoms with Crippen LogP contribution in [0.25, 0.3) is 0 Å². The van der Waals surface area contributed by atoms with Crippen LogP contribution in [0.1, 0.15) is 21.8 Å². The summed E-state index contributed by atoms with van der Waals surface area (Å²) in [6, 6.07) is 3.71. The zero-order valence-electron chi connectivity index (χ0n) is 8.99. The van der Waals surface area contributed by atoms with Crippen molar-refractivity contribution in [3.8, 4) is 0 Å². The Kier molecular flexibility index (Phi) is 3.05. The number of carbonyl (C=O) groups is 1. The summed E-state index contributed by atoms with van der Waals surface area (Å²) in [5, 5.41) is 9.33. The van der Waals surface area contributed by atoms with Crippen LogP contribution in [0.5, 0.6) is 0 Å². The molecule has 0 saturated carbocycles. The van der Waals surface area contributed by atoms with E-state index in [2.05, 4.69) is 15.5 Å². The van der Waals surface area contributed by atoms with Crippen LogP contribution in [0.15, 0.2) is 29.0 Å². The maximum absolute atomic E-state index is 11.7. The average molecular weight is 219 g/mol. The summed E-state index contributed by atoms with van der Waals surface area (Å²) in [6.07, 6.45) is 3.84. The van der Waals surface area contributed by atoms with E-state index in [4.69, 9.17) is 4.42 Å². The van der Waals surface area contributed by atoms with E-state index < -0.39 is 0 Å². The van der Waals surface area contributed by atoms with Crippen molar-refractivity contribution in [2.75, 3.05) is 6.54 Å². The van der Waals surface area contributed by atoms with E-state index in [-0.39, 0.29) is 5.91 Å². The Labute approximate surface area is 92.9 Å². The highest BCUT2D eigenvalue weighted by Crippen LogP contribution is 2.03. The van der Waals surface area contributed by atoms with Crippen molar-refractivity contribution in [2.24, 2.45) is 0 Å². The highest BCUT2D eigenvalue weighted by atomic mass is 16.3. The molecule has 5 nitrogen and oxygen atoms in total. The highest BCUT2D eigenvalue weighted by molar-refractivity contribution is 5.94. The molecule has 0 saturated heterocycles. The lowest BCUT2D eigenvalue weighted by Crippen LogP contribution is -2.25. The molecule has 2 aromatic heterocycles. The van der Waals surface area contributed by atoms with Crippen LogP contribution in [0, 0.1) is 6.92 Å². The van der Waals surface area contributed by atoms with Gasteiger partial charge in [0.25, 0.3) is 5.91 Å². The van der Waals surface area contributed by atoms with Crippen LogP contribution < -0.4 is 5.32 Å². The van der Waals surface area contributed by atoms with Gasteiger partial charge in [-0.25, -0.2) is 0 Å². The summed E-state index contributed by atoms with van der Waals surface area (Å²) < 4.78 is 5.16. The molecule has 5 heteroatoms. The van der Waals surface area contributed by atoms with Crippen LogP contribution in [-0.4, -0.2) is 22.6 Å². The van der Waals surface area contributed by atoms with Gasteiger partial charge in [0.2, 0.25) is 0 Å². The van der Waals surface area contributed by atoms with E-state index >= 15 is 0 Å². The lowest BCUT2D eigenvalue weighted by atomic mass is 10.2. The smallest absolute Gasteiger partial charge is 0.254 e. The first kappa shape index (κ1) is 10.5. The number of carbonyl (C=O) groups excluding carboxylic acids is 1. The first-order chi connectivity index (χ1) is 7.77. The van der Waals surface area contributed by atoms with Gasteiger partial charge in [-0.05, 0) is 19.1 Å². The quantitative estimate of drug-likeness (QED) is 0.813. The fourth-order valence-corrected chi connectivity index (χ4v) is 1.43. The molecule has 0 fully saturated rings. The average Bonchev–Trinajstić information content (AvgIpc) is 2.88. The summed E-state index contributed by atoms with van der Waals surface area (Å²) >= 11 is 0. The molecule has 84 valence electrons. The van der Waals surface area contributed by atoms with E-state index in [9.17, 15) is 4.79 Å². The van der Waals surface area contributed by atoms with Crippen molar-refractivity contribution < 1.29 is 9.21 Å². The highest BCUT2D eigenvalue weighted by Gasteiger charge is 2.09. The van der Waals surface area contributed by atoms with Gasteiger partial charge in [-0.3, -0.25) is 9.89 Å². The number of aromatic nitrogens is 2. The molecule has 0 aliphatic rings. The number of aromatic amines is 1. The van der Waals surface area contributed by atoms with Gasteiger partial charge >= 0.3 is 0 Å². The predicted octanol–water partition coefficient (Wildman–Crippen LogP) is 1.28. The lowest BCUT2D eigenvalue weighted by Gasteiger charge is -2.02. The molecule has 0 aromatic carbocycles. The number of nitrogens with zero attached hydrogens (tertiary/aromatic N) is 1. The molecule has 2 heterocycles. The Balaban J connectivity index is 1.83. The second-order valence-electron chi connectivity index (χ2n) is 3.49. The number of furan rings is 1. The minimum atomic E-state index is -0.113. The topological polar surface area (TPSA) is 70.9 Å². The molecular weight excluding hydrogens is 206 g/mol. The Bertz CT molecular complexity index is 459. The van der Waals surface area contributed by atoms with Crippen LogP contribution in [0.4, 0.5) is 0 Å². The standard InChI is InChI=1S/C11H13N3O2/c1-8-10(7-13-14-8)11(15)12-5-4-9-3-2-6-16-9/h2-3,6-7H,4-5H2,1H3,(H,12,15)(H,13,14). The van der Waals surface area contributed by atoms with Gasteiger partial charge in [0.15, 0.2) is 0 Å². The number of hydrogen-bond donors (Lipinski definition) is 2. The third kappa shape index (κ3) is 2.31. The molecule has 0 radical (unpaired) electrons. The zero-order valence-corrected chi connectivity index (χ0v) is 8.99. The fourth-order valence-electron chi connectivity index (χ4n) is 1.43. The van der Waals surface area contributed by atoms with Crippen molar-refractivity contribution in [1.82, 2.24) is 15.5 Å². The SMILES string of the molecule is Cc1[nH]ncc1C(=O)NCCc1ccco1. The third-order valence-electron chi connectivity index (χ3n) is 2.31. The number of amides is 1. The van der Waals surface area contributed by atoms with Gasteiger partial charge < -0.3 is 9.73 Å². The molecule has 0 atom stereocenters. The maximum Gasteiger partial charge on any atom is 0.254 e. The Morgan fingerprint density at radius 2 is 2.50 bits per heavy atom. The molecule has 0 spiro atoms. The minimum Gasteiger partial charge on any atom is -0.469 e. The summed E-state index contributed by atoms with van der Waals surface area (Å²) in [5.74, 6) is 0.752. The number of hydrogen-bond acceptors (Lipinski definition) is 3. The van der Waals surface area contributed by atoms with Gasteiger partial charge in [0.1, 0.15) is 5.76 Å². The first-order valence-corrected chi connectivity index (χ1v) is 5.08. The van der Waals surface area contributed by atoms with Crippen molar-refractivity contribution in [2.45, 2.75) is 13.3 Å². The summed E-state index contributed by atoms with van der Waals surface area (Å²) in [6.45, 7) is 2.37. The first-order valence-electron chi connectivity index (χ1n) is 5.08. The monoisotopic (exact) mass is 219 g/mol. The van der Waals surface area contributed by atoms with Gasteiger partial charge in [-0.1, -0.05) is 0 Å². The molecule has 0 aliphatic heterocycles. The molecule has 0 bridgehead atoms. The van der Waals surface area contributed by atoms with Crippen LogP contribution in [0.3, 0.4) is 0 Å². The Morgan fingerprint density at radius 3 is 3.12 bits per heavy atom. The molecule has 0 aliphatic carbocycles. The lowest BCUT2D eigenvalue weighted by molar-refractivity contribution is 0.0953. The predicted molar refractivity (Wildman–Crippen MR) is 58.1 cm³/mol. The normalized spacial score (nSPS) is 10.3. The third-order valence-corrected chi connectivity index (χ3v) is 2.31. The Morgan fingerprint density at radius 1 is 1.62 bits per heavy atom. The number of nitrogens with one attached hydrogen (secondary N) is 2. The zero-order chi connectivity index (χ0) is 11.4. The minimum absolute atomic E-state index is 0.113. The van der Waals surface area contributed by atoms with Crippen molar-refractivity contribution in [1.29, 1.82) is 0 Å². The van der Waals surface area contributed by atoms with Gasteiger partial charge in [-0.15, -0.1) is 0 Å². The van der Waals surface area contributed by atoms with E-state index in [0.717, 1.165) is 11.5 Å². The second kappa shape index (κ2) is 4.65. The maximum atomic E-state index is 11.7. The molecule has 2 N–H and O–H groups in total. The molecule has 16 heavy (non-hydrogen) atoms. The fraction of sp³-hybridized carbons (Fsp3) is 0.273. The second-order valence-corrected chi connectivity index (χ2v) is 3.49. The molecule has 0 unspecified atom stereocenters. The number of rotatable bonds is 4. The van der Waals surface area contributed by atoms with E-state index in [1.54, 1.807) is 6.26 Å². The largest absolute Gasteiger partial charge is 0.469 e. The van der Waals surface area contributed by atoms with Crippen LogP contribution >= 0.6 is 0 Å². The van der Waals surface area contributed by atoms with Crippen molar-refractivity contribution in [3.63, 3.8) is 0 Å². The van der Waals surface area contributed by atoms with E-state index in [1.165, 1.54) is 6.20 Å². The molecule has 2 aromatic rings. The van der Waals surface area contributed by atoms with Crippen LogP contribution in [-0.2, 0) is 6.42 Å². The van der Waals surface area contributed by atoms with Gasteiger partial charge in [0, 0.05) is 18.7 Å². The van der Waals surface area contributed by atoms with Gasteiger partial charge in [0.05, 0.1) is 18.0 Å². The van der Waals surface area contributed by atoms with E-state index in [0.29, 0.717) is 18.5 Å². The van der Waals surface area contributed by atoms with Crippen molar-refractivity contribution >= 4 is 5.91 Å².